The lowest BCUT2D eigenvalue weighted by Crippen LogP contribution is -3.14. The highest BCUT2D eigenvalue weighted by molar-refractivity contribution is 7.22. The second-order valence-corrected chi connectivity index (χ2v) is 8.72. The van der Waals surface area contributed by atoms with Crippen molar-refractivity contribution < 1.29 is 19.4 Å². The van der Waals surface area contributed by atoms with Gasteiger partial charge in [-0.2, -0.15) is 0 Å². The number of ether oxygens (including phenoxy) is 1. The van der Waals surface area contributed by atoms with Crippen molar-refractivity contribution >= 4 is 49.9 Å². The number of rotatable bonds is 7. The largest absolute Gasteiger partial charge is 0.370 e. The third-order valence-corrected chi connectivity index (χ3v) is 6.65. The molecule has 0 radical (unpaired) electrons. The first kappa shape index (κ1) is 21.6. The minimum absolute atomic E-state index is 0.105. The minimum atomic E-state index is -0.531. The second-order valence-electron chi connectivity index (χ2n) is 7.31. The Kier molecular flexibility index (Phi) is 6.77. The van der Waals surface area contributed by atoms with Crippen LogP contribution >= 0.6 is 22.9 Å². The van der Waals surface area contributed by atoms with Crippen LogP contribution in [0.25, 0.3) is 10.2 Å². The molecule has 1 fully saturated rings. The van der Waals surface area contributed by atoms with Crippen LogP contribution in [0.15, 0.2) is 42.5 Å². The van der Waals surface area contributed by atoms with E-state index < -0.39 is 4.92 Å². The van der Waals surface area contributed by atoms with Gasteiger partial charge in [-0.25, -0.2) is 4.98 Å². The van der Waals surface area contributed by atoms with Gasteiger partial charge in [-0.15, -0.1) is 0 Å². The number of hydrogen-bond donors (Lipinski definition) is 1. The van der Waals surface area contributed by atoms with Crippen molar-refractivity contribution in [2.24, 2.45) is 0 Å². The van der Waals surface area contributed by atoms with E-state index in [0.717, 1.165) is 49.5 Å². The third kappa shape index (κ3) is 5.01. The van der Waals surface area contributed by atoms with Crippen molar-refractivity contribution in [2.75, 3.05) is 44.3 Å². The number of nitrogens with zero attached hydrogens (tertiary/aromatic N) is 3. The Hall–Kier alpha value is -2.59. The van der Waals surface area contributed by atoms with Gasteiger partial charge in [-0.3, -0.25) is 19.8 Å². The molecule has 2 heterocycles. The minimum Gasteiger partial charge on any atom is -0.370 e. The Morgan fingerprint density at radius 1 is 1.26 bits per heavy atom. The normalized spacial score (nSPS) is 14.6. The number of morpholine rings is 1. The van der Waals surface area contributed by atoms with E-state index in [2.05, 4.69) is 4.98 Å². The van der Waals surface area contributed by atoms with Crippen LogP contribution in [-0.4, -0.2) is 55.2 Å². The molecule has 0 aliphatic carbocycles. The van der Waals surface area contributed by atoms with Crippen LogP contribution in [0.1, 0.15) is 16.8 Å². The van der Waals surface area contributed by atoms with Gasteiger partial charge in [0.15, 0.2) is 5.13 Å². The van der Waals surface area contributed by atoms with Crippen molar-refractivity contribution in [2.45, 2.75) is 6.42 Å². The summed E-state index contributed by atoms with van der Waals surface area (Å²) < 4.78 is 6.38. The average molecular weight is 462 g/mol. The molecular formula is C21H22ClN4O4S+. The number of nitrogens with one attached hydrogen (secondary N) is 1. The monoisotopic (exact) mass is 461 g/mol. The number of aromatic nitrogens is 1. The molecule has 0 bridgehead atoms. The lowest BCUT2D eigenvalue weighted by atomic mass is 10.1. The number of benzene rings is 2. The zero-order valence-corrected chi connectivity index (χ0v) is 18.3. The maximum atomic E-state index is 13.5. The summed E-state index contributed by atoms with van der Waals surface area (Å²) in [5.74, 6) is -0.385. The number of hydrogen-bond acceptors (Lipinski definition) is 6. The molecule has 4 rings (SSSR count). The molecule has 31 heavy (non-hydrogen) atoms. The van der Waals surface area contributed by atoms with Crippen molar-refractivity contribution in [3.8, 4) is 0 Å². The van der Waals surface area contributed by atoms with E-state index in [1.54, 1.807) is 4.90 Å². The molecule has 1 N–H and O–H groups in total. The lowest BCUT2D eigenvalue weighted by molar-refractivity contribution is -0.908. The van der Waals surface area contributed by atoms with Gasteiger partial charge in [0, 0.05) is 25.1 Å². The predicted octanol–water partition coefficient (Wildman–Crippen LogP) is 2.81. The topological polar surface area (TPSA) is 90.0 Å². The van der Waals surface area contributed by atoms with E-state index in [9.17, 15) is 14.9 Å². The average Bonchev–Trinajstić information content (AvgIpc) is 3.21. The van der Waals surface area contributed by atoms with E-state index in [1.807, 2.05) is 24.3 Å². The molecular weight excluding hydrogens is 440 g/mol. The molecule has 1 aliphatic heterocycles. The van der Waals surface area contributed by atoms with Crippen LogP contribution in [0.4, 0.5) is 10.8 Å². The van der Waals surface area contributed by atoms with E-state index in [0.29, 0.717) is 11.7 Å². The van der Waals surface area contributed by atoms with Gasteiger partial charge < -0.3 is 9.64 Å². The number of thiazole rings is 1. The van der Waals surface area contributed by atoms with Gasteiger partial charge in [0.2, 0.25) is 0 Å². The molecule has 1 amide bonds. The van der Waals surface area contributed by atoms with E-state index in [1.165, 1.54) is 34.4 Å². The first-order chi connectivity index (χ1) is 15.0. The fourth-order valence-corrected chi connectivity index (χ4v) is 4.78. The Bertz CT molecular complexity index is 1070. The summed E-state index contributed by atoms with van der Waals surface area (Å²) in [5.41, 5.74) is 0.743. The summed E-state index contributed by atoms with van der Waals surface area (Å²) in [5, 5.41) is 11.9. The quantitative estimate of drug-likeness (QED) is 0.431. The van der Waals surface area contributed by atoms with Gasteiger partial charge in [0.25, 0.3) is 11.6 Å². The molecule has 3 aromatic rings. The molecule has 2 aromatic carbocycles. The summed E-state index contributed by atoms with van der Waals surface area (Å²) in [6.45, 7) is 4.75. The van der Waals surface area contributed by atoms with Crippen molar-refractivity contribution in [3.05, 3.63) is 63.2 Å². The molecule has 1 aliphatic rings. The van der Waals surface area contributed by atoms with Gasteiger partial charge in [0.1, 0.15) is 13.1 Å². The Balaban J connectivity index is 1.61. The number of fused-ring (bicyclic) bond motifs is 1. The number of amides is 1. The highest BCUT2D eigenvalue weighted by atomic mass is 35.5. The van der Waals surface area contributed by atoms with Crippen molar-refractivity contribution in [1.82, 2.24) is 4.98 Å². The van der Waals surface area contributed by atoms with Crippen LogP contribution in [0.2, 0.25) is 5.02 Å². The molecule has 0 saturated carbocycles. The highest BCUT2D eigenvalue weighted by Crippen LogP contribution is 2.31. The molecule has 162 valence electrons. The number of nitro benzene ring substituents is 1. The molecule has 10 heteroatoms. The fraction of sp³-hybridized carbons (Fsp3) is 0.333. The summed E-state index contributed by atoms with van der Waals surface area (Å²) in [6.07, 6.45) is 0.767. The zero-order valence-electron chi connectivity index (χ0n) is 16.8. The first-order valence-corrected chi connectivity index (χ1v) is 11.2. The molecule has 8 nitrogen and oxygen atoms in total. The van der Waals surface area contributed by atoms with E-state index in [-0.39, 0.29) is 22.2 Å². The van der Waals surface area contributed by atoms with Gasteiger partial charge in [-0.1, -0.05) is 35.1 Å². The predicted molar refractivity (Wildman–Crippen MR) is 120 cm³/mol. The molecule has 1 aromatic heterocycles. The summed E-state index contributed by atoms with van der Waals surface area (Å²) in [4.78, 5) is 31.8. The second kappa shape index (κ2) is 9.69. The summed E-state index contributed by atoms with van der Waals surface area (Å²) in [6, 6.07) is 11.6. The third-order valence-electron chi connectivity index (χ3n) is 5.26. The number of quaternary nitrogens is 1. The van der Waals surface area contributed by atoms with Crippen LogP contribution in [0.3, 0.4) is 0 Å². The van der Waals surface area contributed by atoms with Gasteiger partial charge in [-0.05, 0) is 18.2 Å². The van der Waals surface area contributed by atoms with E-state index in [4.69, 9.17) is 16.3 Å². The highest BCUT2D eigenvalue weighted by Gasteiger charge is 2.25. The maximum Gasteiger partial charge on any atom is 0.270 e. The number of non-ortho nitro benzene ring substituents is 1. The van der Waals surface area contributed by atoms with Crippen LogP contribution < -0.4 is 9.80 Å². The number of nitro groups is 1. The standard InChI is InChI=1S/C21H21ClN4O4S/c22-17-7-6-15(26(28)29)14-16(17)20(27)25(9-3-8-24-10-12-30-13-11-24)21-23-18-4-1-2-5-19(18)31-21/h1-2,4-7,14H,3,8-13H2/p+1. The fourth-order valence-electron chi connectivity index (χ4n) is 3.59. The molecule has 0 spiro atoms. The molecule has 1 saturated heterocycles. The number of carbonyl (C=O) groups is 1. The molecule has 0 unspecified atom stereocenters. The van der Waals surface area contributed by atoms with Crippen LogP contribution in [0.5, 0.6) is 0 Å². The number of carbonyl (C=O) groups excluding carboxylic acids is 1. The smallest absolute Gasteiger partial charge is 0.270 e. The Labute approximate surface area is 188 Å². The Morgan fingerprint density at radius 2 is 2.03 bits per heavy atom. The van der Waals surface area contributed by atoms with E-state index >= 15 is 0 Å². The van der Waals surface area contributed by atoms with Crippen molar-refractivity contribution in [3.63, 3.8) is 0 Å². The van der Waals surface area contributed by atoms with Crippen molar-refractivity contribution in [1.29, 1.82) is 0 Å². The van der Waals surface area contributed by atoms with Gasteiger partial charge >= 0.3 is 0 Å². The lowest BCUT2D eigenvalue weighted by Gasteiger charge is -2.25. The first-order valence-electron chi connectivity index (χ1n) is 10.1. The SMILES string of the molecule is O=C(c1cc([N+](=O)[O-])ccc1Cl)N(CCC[NH+]1CCOCC1)c1nc2ccccc2s1. The number of halogens is 1. The summed E-state index contributed by atoms with van der Waals surface area (Å²) >= 11 is 7.68. The van der Waals surface area contributed by atoms with Crippen LogP contribution in [0, 0.1) is 10.1 Å². The zero-order chi connectivity index (χ0) is 21.8. The van der Waals surface area contributed by atoms with Crippen LogP contribution in [-0.2, 0) is 4.74 Å². The van der Waals surface area contributed by atoms with Gasteiger partial charge in [0.05, 0.1) is 45.5 Å². The number of para-hydroxylation sites is 1. The molecule has 0 atom stereocenters. The number of anilines is 1. The Morgan fingerprint density at radius 3 is 2.77 bits per heavy atom. The maximum absolute atomic E-state index is 13.5. The summed E-state index contributed by atoms with van der Waals surface area (Å²) in [7, 11) is 0.